The molecule has 1 aliphatic rings. The van der Waals surface area contributed by atoms with E-state index in [-0.39, 0.29) is 11.3 Å². The second-order valence-corrected chi connectivity index (χ2v) is 6.61. The van der Waals surface area contributed by atoms with Crippen molar-refractivity contribution in [1.29, 1.82) is 0 Å². The van der Waals surface area contributed by atoms with Gasteiger partial charge in [0.05, 0.1) is 23.3 Å². The smallest absolute Gasteiger partial charge is 0.311 e. The van der Waals surface area contributed by atoms with E-state index >= 15 is 0 Å². The van der Waals surface area contributed by atoms with E-state index in [0.29, 0.717) is 16.9 Å². The molecule has 4 rings (SSSR count). The molecular weight excluding hydrogens is 385 g/mol. The molecule has 2 heterocycles. The summed E-state index contributed by atoms with van der Waals surface area (Å²) in [6, 6.07) is 16.0. The van der Waals surface area contributed by atoms with E-state index in [4.69, 9.17) is 0 Å². The van der Waals surface area contributed by atoms with E-state index in [1.807, 2.05) is 0 Å². The molecule has 30 heavy (non-hydrogen) atoms. The number of aliphatic imine (C=N–C) groups is 1. The van der Waals surface area contributed by atoms with Crippen molar-refractivity contribution >= 4 is 29.0 Å². The quantitative estimate of drug-likeness (QED) is 0.704. The Morgan fingerprint density at radius 1 is 1.03 bits per heavy atom. The fraction of sp³-hybridized carbons (Fsp3) is 0.0909. The van der Waals surface area contributed by atoms with Gasteiger partial charge in [0.25, 0.3) is 5.91 Å². The molecule has 0 spiro atoms. The van der Waals surface area contributed by atoms with Crippen molar-refractivity contribution in [2.24, 2.45) is 4.99 Å². The van der Waals surface area contributed by atoms with Gasteiger partial charge in [-0.1, -0.05) is 30.3 Å². The Bertz CT molecular complexity index is 1130. The number of anilines is 2. The third kappa shape index (κ3) is 3.75. The molecule has 0 saturated heterocycles. The molecule has 8 heteroatoms. The zero-order valence-electron chi connectivity index (χ0n) is 16.0. The number of fused-ring (bicyclic) bond motifs is 1. The van der Waals surface area contributed by atoms with Crippen LogP contribution in [0.3, 0.4) is 0 Å². The number of carbonyl (C=O) groups is 2. The molecule has 0 aliphatic carbocycles. The number of amides is 3. The van der Waals surface area contributed by atoms with E-state index in [1.165, 1.54) is 17.2 Å². The number of halogens is 1. The number of nitrogens with one attached hydrogen (secondary N) is 2. The molecule has 3 amide bonds. The van der Waals surface area contributed by atoms with Crippen LogP contribution in [0, 0.1) is 5.82 Å². The second-order valence-electron chi connectivity index (χ2n) is 6.61. The molecule has 7 nitrogen and oxygen atoms in total. The fourth-order valence-electron chi connectivity index (χ4n) is 3.21. The van der Waals surface area contributed by atoms with E-state index in [2.05, 4.69) is 20.6 Å². The van der Waals surface area contributed by atoms with Crippen LogP contribution < -0.4 is 15.5 Å². The number of para-hydroxylation sites is 1. The van der Waals surface area contributed by atoms with Crippen molar-refractivity contribution in [2.75, 3.05) is 17.3 Å². The van der Waals surface area contributed by atoms with Crippen LogP contribution in [0.4, 0.5) is 20.6 Å². The Morgan fingerprint density at radius 2 is 1.77 bits per heavy atom. The van der Waals surface area contributed by atoms with Gasteiger partial charge in [0.15, 0.2) is 0 Å². The van der Waals surface area contributed by atoms with Crippen LogP contribution >= 0.6 is 0 Å². The molecule has 2 N–H and O–H groups in total. The van der Waals surface area contributed by atoms with Crippen molar-refractivity contribution in [2.45, 2.75) is 6.17 Å². The van der Waals surface area contributed by atoms with Gasteiger partial charge in [0.2, 0.25) is 6.17 Å². The summed E-state index contributed by atoms with van der Waals surface area (Å²) in [5.74, 6) is -0.920. The summed E-state index contributed by atoms with van der Waals surface area (Å²) in [6.45, 7) is 0. The minimum Gasteiger partial charge on any atom is -0.311 e. The van der Waals surface area contributed by atoms with Gasteiger partial charge in [0.1, 0.15) is 5.82 Å². The molecule has 3 aromatic rings. The van der Waals surface area contributed by atoms with Crippen LogP contribution in [0.15, 0.2) is 78.0 Å². The summed E-state index contributed by atoms with van der Waals surface area (Å²) >= 11 is 0. The van der Waals surface area contributed by atoms with Crippen LogP contribution in [0.5, 0.6) is 0 Å². The lowest BCUT2D eigenvalue weighted by molar-refractivity contribution is -0.119. The first-order chi connectivity index (χ1) is 14.5. The minimum atomic E-state index is -1.24. The van der Waals surface area contributed by atoms with E-state index in [9.17, 15) is 14.0 Å². The molecule has 0 saturated carbocycles. The summed E-state index contributed by atoms with van der Waals surface area (Å²) < 4.78 is 14.6. The molecule has 150 valence electrons. The van der Waals surface area contributed by atoms with Gasteiger partial charge in [-0.15, -0.1) is 0 Å². The largest absolute Gasteiger partial charge is 0.321 e. The number of benzodiazepines with no additional fused rings is 1. The molecule has 0 radical (unpaired) electrons. The molecule has 1 unspecified atom stereocenters. The SMILES string of the molecule is CN1C(=O)C(NC(=O)Nc2cccnc2)N=C(c2ccccc2F)c2ccccc21. The first kappa shape index (κ1) is 19.3. The van der Waals surface area contributed by atoms with E-state index in [1.54, 1.807) is 67.8 Å². The first-order valence-corrected chi connectivity index (χ1v) is 9.22. The predicted molar refractivity (Wildman–Crippen MR) is 112 cm³/mol. The number of nitrogens with zero attached hydrogens (tertiary/aromatic N) is 3. The van der Waals surface area contributed by atoms with E-state index < -0.39 is 23.9 Å². The molecule has 0 bridgehead atoms. The third-order valence-corrected chi connectivity index (χ3v) is 4.66. The Labute approximate surface area is 172 Å². The summed E-state index contributed by atoms with van der Waals surface area (Å²) in [4.78, 5) is 35.3. The van der Waals surface area contributed by atoms with Crippen LogP contribution in [-0.2, 0) is 4.79 Å². The molecule has 2 aromatic carbocycles. The number of likely N-dealkylation sites (N-methyl/N-ethyl adjacent to an activating group) is 1. The highest BCUT2D eigenvalue weighted by Gasteiger charge is 2.31. The number of urea groups is 1. The second kappa shape index (κ2) is 8.12. The molecular formula is C22H18FN5O2. The highest BCUT2D eigenvalue weighted by Crippen LogP contribution is 2.28. The minimum absolute atomic E-state index is 0.243. The first-order valence-electron chi connectivity index (χ1n) is 9.22. The zero-order chi connectivity index (χ0) is 21.1. The third-order valence-electron chi connectivity index (χ3n) is 4.66. The van der Waals surface area contributed by atoms with Gasteiger partial charge in [0, 0.05) is 24.4 Å². The Hall–Kier alpha value is -4.07. The number of benzene rings is 2. The summed E-state index contributed by atoms with van der Waals surface area (Å²) in [7, 11) is 1.59. The number of rotatable bonds is 3. The van der Waals surface area contributed by atoms with Crippen LogP contribution in [0.2, 0.25) is 0 Å². The average Bonchev–Trinajstić information content (AvgIpc) is 2.86. The molecule has 0 fully saturated rings. The lowest BCUT2D eigenvalue weighted by Crippen LogP contribution is -2.47. The number of carbonyl (C=O) groups excluding carboxylic acids is 2. The number of hydrogen-bond acceptors (Lipinski definition) is 4. The normalized spacial score (nSPS) is 15.7. The zero-order valence-corrected chi connectivity index (χ0v) is 16.0. The van der Waals surface area contributed by atoms with Gasteiger partial charge in [-0.3, -0.25) is 9.78 Å². The predicted octanol–water partition coefficient (Wildman–Crippen LogP) is 3.18. The van der Waals surface area contributed by atoms with Gasteiger partial charge in [-0.2, -0.15) is 0 Å². The Balaban J connectivity index is 1.74. The Morgan fingerprint density at radius 3 is 2.50 bits per heavy atom. The highest BCUT2D eigenvalue weighted by atomic mass is 19.1. The number of pyridine rings is 1. The highest BCUT2D eigenvalue weighted by molar-refractivity contribution is 6.20. The van der Waals surface area contributed by atoms with Crippen molar-refractivity contribution in [3.8, 4) is 0 Å². The van der Waals surface area contributed by atoms with Gasteiger partial charge < -0.3 is 15.5 Å². The van der Waals surface area contributed by atoms with E-state index in [0.717, 1.165) is 0 Å². The van der Waals surface area contributed by atoms with Crippen LogP contribution in [-0.4, -0.2) is 35.8 Å². The van der Waals surface area contributed by atoms with Crippen molar-refractivity contribution < 1.29 is 14.0 Å². The summed E-state index contributed by atoms with van der Waals surface area (Å²) in [5.41, 5.74) is 2.16. The number of hydrogen-bond donors (Lipinski definition) is 2. The maximum absolute atomic E-state index is 14.6. The van der Waals surface area contributed by atoms with Crippen molar-refractivity contribution in [3.05, 3.63) is 90.0 Å². The van der Waals surface area contributed by atoms with Gasteiger partial charge >= 0.3 is 6.03 Å². The number of aromatic nitrogens is 1. The standard InChI is InChI=1S/C22H18FN5O2/c1-28-18-11-5-3-9-16(18)19(15-8-2-4-10-17(15)23)26-20(21(28)29)27-22(30)25-14-7-6-12-24-13-14/h2-13,20H,1H3,(H2,25,27,30). The van der Waals surface area contributed by atoms with Crippen molar-refractivity contribution in [1.82, 2.24) is 10.3 Å². The fourth-order valence-corrected chi connectivity index (χ4v) is 3.21. The van der Waals surface area contributed by atoms with Gasteiger partial charge in [-0.05, 0) is 30.3 Å². The molecule has 1 aromatic heterocycles. The molecule has 1 atom stereocenters. The summed E-state index contributed by atoms with van der Waals surface area (Å²) in [6.07, 6.45) is 1.81. The lowest BCUT2D eigenvalue weighted by atomic mass is 10.00. The maximum Gasteiger partial charge on any atom is 0.321 e. The monoisotopic (exact) mass is 403 g/mol. The maximum atomic E-state index is 14.6. The molecule has 1 aliphatic heterocycles. The van der Waals surface area contributed by atoms with Crippen LogP contribution in [0.1, 0.15) is 11.1 Å². The average molecular weight is 403 g/mol. The van der Waals surface area contributed by atoms with Gasteiger partial charge in [-0.25, -0.2) is 14.2 Å². The lowest BCUT2D eigenvalue weighted by Gasteiger charge is -2.21. The topological polar surface area (TPSA) is 86.7 Å². The summed E-state index contributed by atoms with van der Waals surface area (Å²) in [5, 5.41) is 5.17. The Kier molecular flexibility index (Phi) is 5.21. The van der Waals surface area contributed by atoms with Crippen molar-refractivity contribution in [3.63, 3.8) is 0 Å². The van der Waals surface area contributed by atoms with Crippen LogP contribution in [0.25, 0.3) is 0 Å².